The molecular weight excluding hydrogens is 371 g/mol. The molecule has 164 valence electrons. The maximum Gasteiger partial charge on any atom is 0.401 e. The summed E-state index contributed by atoms with van der Waals surface area (Å²) in [5.74, 6) is 0.660. The van der Waals surface area contributed by atoms with E-state index in [1.165, 1.54) is 44.1 Å². The Morgan fingerprint density at radius 3 is 2.43 bits per heavy atom. The Kier molecular flexibility index (Phi) is 9.30. The minimum absolute atomic E-state index is 0.223. The second-order valence-corrected chi connectivity index (χ2v) is 8.15. The highest BCUT2D eigenvalue weighted by Gasteiger charge is 2.34. The van der Waals surface area contributed by atoms with E-state index in [-0.39, 0.29) is 5.41 Å². The van der Waals surface area contributed by atoms with Crippen molar-refractivity contribution in [1.29, 1.82) is 0 Å². The molecule has 2 rings (SSSR count). The number of ether oxygens (including phenoxy) is 1. The number of hydrogen-bond donors (Lipinski definition) is 2. The van der Waals surface area contributed by atoms with Crippen LogP contribution in [-0.2, 0) is 4.74 Å². The molecule has 2 aliphatic rings. The number of halogens is 3. The van der Waals surface area contributed by atoms with Crippen molar-refractivity contribution in [2.75, 3.05) is 73.1 Å². The van der Waals surface area contributed by atoms with E-state index in [2.05, 4.69) is 20.5 Å². The van der Waals surface area contributed by atoms with E-state index < -0.39 is 12.7 Å². The highest BCUT2D eigenvalue weighted by atomic mass is 19.4. The van der Waals surface area contributed by atoms with E-state index in [0.717, 1.165) is 39.4 Å². The zero-order valence-electron chi connectivity index (χ0n) is 17.3. The molecule has 0 atom stereocenters. The molecular formula is C19H36F3N5O. The largest absolute Gasteiger partial charge is 0.401 e. The summed E-state index contributed by atoms with van der Waals surface area (Å²) in [6.07, 6.45) is 2.02. The number of morpholine rings is 1. The number of rotatable bonds is 8. The maximum atomic E-state index is 12.4. The molecule has 0 aromatic heterocycles. The third kappa shape index (κ3) is 8.53. The van der Waals surface area contributed by atoms with Gasteiger partial charge in [0.05, 0.1) is 19.8 Å². The van der Waals surface area contributed by atoms with Crippen molar-refractivity contribution in [2.24, 2.45) is 10.4 Å². The molecule has 1 aliphatic heterocycles. The summed E-state index contributed by atoms with van der Waals surface area (Å²) in [5, 5.41) is 6.57. The first-order valence-corrected chi connectivity index (χ1v) is 10.3. The average molecular weight is 408 g/mol. The summed E-state index contributed by atoms with van der Waals surface area (Å²) in [4.78, 5) is 8.01. The van der Waals surface area contributed by atoms with Crippen LogP contribution in [0, 0.1) is 5.41 Å². The van der Waals surface area contributed by atoms with Crippen molar-refractivity contribution in [1.82, 2.24) is 20.4 Å². The quantitative estimate of drug-likeness (QED) is 0.476. The molecule has 0 amide bonds. The highest BCUT2D eigenvalue weighted by Crippen LogP contribution is 2.36. The minimum atomic E-state index is -4.17. The van der Waals surface area contributed by atoms with Crippen LogP contribution in [-0.4, -0.2) is 95.1 Å². The number of hydrogen-bond acceptors (Lipinski definition) is 4. The normalized spacial score (nSPS) is 21.7. The van der Waals surface area contributed by atoms with E-state index in [1.807, 2.05) is 0 Å². The first kappa shape index (κ1) is 23.2. The fourth-order valence-corrected chi connectivity index (χ4v) is 4.17. The van der Waals surface area contributed by atoms with Gasteiger partial charge in [0.15, 0.2) is 5.96 Å². The van der Waals surface area contributed by atoms with Gasteiger partial charge in [-0.2, -0.15) is 13.2 Å². The van der Waals surface area contributed by atoms with Gasteiger partial charge in [-0.05, 0) is 19.9 Å². The Morgan fingerprint density at radius 2 is 1.82 bits per heavy atom. The van der Waals surface area contributed by atoms with Gasteiger partial charge in [0.2, 0.25) is 0 Å². The van der Waals surface area contributed by atoms with E-state index >= 15 is 0 Å². The van der Waals surface area contributed by atoms with E-state index in [4.69, 9.17) is 4.74 Å². The number of aliphatic imine (C=N–C) groups is 1. The van der Waals surface area contributed by atoms with Crippen molar-refractivity contribution in [3.8, 4) is 0 Å². The van der Waals surface area contributed by atoms with E-state index in [9.17, 15) is 13.2 Å². The van der Waals surface area contributed by atoms with Crippen LogP contribution in [0.15, 0.2) is 4.99 Å². The zero-order chi connectivity index (χ0) is 20.5. The van der Waals surface area contributed by atoms with Gasteiger partial charge in [-0.15, -0.1) is 0 Å². The summed E-state index contributed by atoms with van der Waals surface area (Å²) in [7, 11) is 3.18. The second kappa shape index (κ2) is 11.2. The van der Waals surface area contributed by atoms with Crippen molar-refractivity contribution >= 4 is 5.96 Å². The lowest BCUT2D eigenvalue weighted by Crippen LogP contribution is -2.51. The number of guanidine groups is 1. The van der Waals surface area contributed by atoms with Gasteiger partial charge < -0.3 is 15.4 Å². The number of nitrogens with zero attached hydrogens (tertiary/aromatic N) is 3. The maximum absolute atomic E-state index is 12.4. The number of nitrogens with one attached hydrogen (secondary N) is 2. The van der Waals surface area contributed by atoms with Gasteiger partial charge in [0.1, 0.15) is 0 Å². The van der Waals surface area contributed by atoms with Gasteiger partial charge in [-0.25, -0.2) is 0 Å². The molecule has 0 aromatic rings. The number of alkyl halides is 3. The molecule has 1 saturated heterocycles. The van der Waals surface area contributed by atoms with Gasteiger partial charge >= 0.3 is 6.18 Å². The van der Waals surface area contributed by atoms with Crippen molar-refractivity contribution in [3.05, 3.63) is 0 Å². The lowest BCUT2D eigenvalue weighted by atomic mass is 9.73. The Morgan fingerprint density at radius 1 is 1.14 bits per heavy atom. The van der Waals surface area contributed by atoms with Gasteiger partial charge in [0.25, 0.3) is 0 Å². The number of likely N-dealkylation sites (N-methyl/N-ethyl adjacent to an activating group) is 1. The predicted molar refractivity (Wildman–Crippen MR) is 106 cm³/mol. The molecule has 0 unspecified atom stereocenters. The molecule has 2 fully saturated rings. The van der Waals surface area contributed by atoms with Crippen LogP contribution in [0.5, 0.6) is 0 Å². The molecule has 9 heteroatoms. The highest BCUT2D eigenvalue weighted by molar-refractivity contribution is 5.79. The lowest BCUT2D eigenvalue weighted by Gasteiger charge is -2.42. The van der Waals surface area contributed by atoms with E-state index in [0.29, 0.717) is 19.0 Å². The van der Waals surface area contributed by atoms with Gasteiger partial charge in [-0.1, -0.05) is 19.3 Å². The SMILES string of the molecule is CN=C(NCCN(C)CC(F)(F)F)NCC1(CN2CCOCC2)CCCCC1. The van der Waals surface area contributed by atoms with E-state index in [1.54, 1.807) is 7.05 Å². The summed E-state index contributed by atoms with van der Waals surface area (Å²) in [6, 6.07) is 0. The Bertz CT molecular complexity index is 475. The van der Waals surface area contributed by atoms with Gasteiger partial charge in [0, 0.05) is 51.7 Å². The second-order valence-electron chi connectivity index (χ2n) is 8.15. The third-order valence-electron chi connectivity index (χ3n) is 5.67. The molecule has 1 heterocycles. The van der Waals surface area contributed by atoms with Crippen LogP contribution < -0.4 is 10.6 Å². The topological polar surface area (TPSA) is 52.1 Å². The molecule has 2 N–H and O–H groups in total. The molecule has 6 nitrogen and oxygen atoms in total. The summed E-state index contributed by atoms with van der Waals surface area (Å²) >= 11 is 0. The van der Waals surface area contributed by atoms with Crippen molar-refractivity contribution in [3.63, 3.8) is 0 Å². The lowest BCUT2D eigenvalue weighted by molar-refractivity contribution is -0.142. The van der Waals surface area contributed by atoms with Crippen LogP contribution in [0.2, 0.25) is 0 Å². The Labute approximate surface area is 166 Å². The first-order chi connectivity index (χ1) is 13.3. The summed E-state index contributed by atoms with van der Waals surface area (Å²) in [6.45, 7) is 5.30. The van der Waals surface area contributed by atoms with Crippen LogP contribution in [0.3, 0.4) is 0 Å². The fourth-order valence-electron chi connectivity index (χ4n) is 4.17. The molecule has 1 aliphatic carbocycles. The Hall–Kier alpha value is -1.06. The van der Waals surface area contributed by atoms with Crippen LogP contribution in [0.4, 0.5) is 13.2 Å². The van der Waals surface area contributed by atoms with Crippen molar-refractivity contribution < 1.29 is 17.9 Å². The fraction of sp³-hybridized carbons (Fsp3) is 0.947. The van der Waals surface area contributed by atoms with Crippen LogP contribution in [0.25, 0.3) is 0 Å². The molecule has 0 aromatic carbocycles. The Balaban J connectivity index is 1.79. The molecule has 0 radical (unpaired) electrons. The average Bonchev–Trinajstić information content (AvgIpc) is 2.64. The zero-order valence-corrected chi connectivity index (χ0v) is 17.3. The van der Waals surface area contributed by atoms with Crippen LogP contribution >= 0.6 is 0 Å². The van der Waals surface area contributed by atoms with Gasteiger partial charge in [-0.3, -0.25) is 14.8 Å². The van der Waals surface area contributed by atoms with Crippen molar-refractivity contribution in [2.45, 2.75) is 38.3 Å². The first-order valence-electron chi connectivity index (χ1n) is 10.3. The molecule has 0 bridgehead atoms. The molecule has 0 spiro atoms. The summed E-state index contributed by atoms with van der Waals surface area (Å²) in [5.41, 5.74) is 0.223. The monoisotopic (exact) mass is 407 g/mol. The third-order valence-corrected chi connectivity index (χ3v) is 5.67. The van der Waals surface area contributed by atoms with Crippen LogP contribution in [0.1, 0.15) is 32.1 Å². The minimum Gasteiger partial charge on any atom is -0.379 e. The molecule has 1 saturated carbocycles. The molecule has 28 heavy (non-hydrogen) atoms. The predicted octanol–water partition coefficient (Wildman–Crippen LogP) is 1.93. The standard InChI is InChI=1S/C19H36F3N5O/c1-23-17(24-8-9-26(2)16-19(20,21)22)25-14-18(6-4-3-5-7-18)15-27-10-12-28-13-11-27/h3-16H2,1-2H3,(H2,23,24,25). The summed E-state index contributed by atoms with van der Waals surface area (Å²) < 4.78 is 42.7. The smallest absolute Gasteiger partial charge is 0.379 e.